The second-order valence-electron chi connectivity index (χ2n) is 8.77. The Morgan fingerprint density at radius 2 is 1.85 bits per heavy atom. The Morgan fingerprint density at radius 3 is 2.47 bits per heavy atom. The zero-order valence-electron chi connectivity index (χ0n) is 20.2. The van der Waals surface area contributed by atoms with Crippen LogP contribution in [-0.2, 0) is 17.8 Å². The van der Waals surface area contributed by atoms with E-state index in [1.54, 1.807) is 0 Å². The molecule has 0 aliphatic carbocycles. The van der Waals surface area contributed by atoms with Gasteiger partial charge in [-0.05, 0) is 76.3 Å². The molecule has 0 fully saturated rings. The summed E-state index contributed by atoms with van der Waals surface area (Å²) in [6.45, 7) is 10.2. The molecule has 0 aliphatic heterocycles. The number of carbonyl (C=O) groups is 1. The molecule has 2 heterocycles. The molecular weight excluding hydrogens is 452 g/mol. The van der Waals surface area contributed by atoms with Crippen molar-refractivity contribution in [2.45, 2.75) is 54.0 Å². The molecule has 2 aromatic heterocycles. The maximum atomic E-state index is 11.7. The number of aliphatic carboxylic acids is 1. The first-order chi connectivity index (χ1) is 16.2. The van der Waals surface area contributed by atoms with Gasteiger partial charge in [0.05, 0.1) is 17.8 Å². The average molecular weight is 481 g/mol. The Hall–Kier alpha value is -3.25. The second kappa shape index (κ2) is 9.55. The molecule has 178 valence electrons. The summed E-state index contributed by atoms with van der Waals surface area (Å²) in [5, 5.41) is 15.5. The molecule has 4 aromatic rings. The maximum Gasteiger partial charge on any atom is 0.323 e. The Balaban J connectivity index is 1.66. The van der Waals surface area contributed by atoms with Gasteiger partial charge in [-0.2, -0.15) is 0 Å². The summed E-state index contributed by atoms with van der Waals surface area (Å²) in [7, 11) is 0. The van der Waals surface area contributed by atoms with Crippen LogP contribution in [0.3, 0.4) is 0 Å². The summed E-state index contributed by atoms with van der Waals surface area (Å²) in [6.07, 6.45) is 1.56. The highest BCUT2D eigenvalue weighted by Crippen LogP contribution is 2.37. The first kappa shape index (κ1) is 23.9. The van der Waals surface area contributed by atoms with Crippen LogP contribution in [0.15, 0.2) is 34.9 Å². The van der Waals surface area contributed by atoms with E-state index in [-0.39, 0.29) is 6.54 Å². The van der Waals surface area contributed by atoms with Crippen molar-refractivity contribution in [1.82, 2.24) is 9.72 Å². The molecule has 0 saturated heterocycles. The van der Waals surface area contributed by atoms with E-state index in [1.165, 1.54) is 0 Å². The standard InChI is InChI=1S/C27H29ClN2O4/c1-15-12-20(13-16(2)26(15)28)33-11-7-10-21-18(4)30(14-24(31)32)27-22(21)8-6-9-23(27)25-17(3)29-34-19(25)5/h6,8-9,12-13H,7,10-11,14H2,1-5H3,(H,31,32). The molecule has 34 heavy (non-hydrogen) atoms. The molecule has 0 bridgehead atoms. The van der Waals surface area contributed by atoms with Crippen molar-refractivity contribution in [3.63, 3.8) is 0 Å². The van der Waals surface area contributed by atoms with E-state index in [1.807, 2.05) is 63.5 Å². The number of fused-ring (bicyclic) bond motifs is 1. The van der Waals surface area contributed by atoms with Gasteiger partial charge in [0.15, 0.2) is 0 Å². The highest BCUT2D eigenvalue weighted by atomic mass is 35.5. The number of hydrogen-bond acceptors (Lipinski definition) is 4. The maximum absolute atomic E-state index is 11.7. The van der Waals surface area contributed by atoms with Crippen LogP contribution < -0.4 is 4.74 Å². The van der Waals surface area contributed by atoms with Crippen molar-refractivity contribution in [1.29, 1.82) is 0 Å². The number of aryl methyl sites for hydroxylation is 5. The van der Waals surface area contributed by atoms with Gasteiger partial charge in [-0.25, -0.2) is 0 Å². The van der Waals surface area contributed by atoms with E-state index in [9.17, 15) is 9.90 Å². The fraction of sp³-hybridized carbons (Fsp3) is 0.333. The fourth-order valence-electron chi connectivity index (χ4n) is 4.75. The van der Waals surface area contributed by atoms with Gasteiger partial charge in [0.1, 0.15) is 18.1 Å². The predicted octanol–water partition coefficient (Wildman–Crippen LogP) is 6.59. The Bertz CT molecular complexity index is 1340. The van der Waals surface area contributed by atoms with Gasteiger partial charge < -0.3 is 18.9 Å². The third-order valence-electron chi connectivity index (χ3n) is 6.32. The lowest BCUT2D eigenvalue weighted by Crippen LogP contribution is -2.11. The zero-order chi connectivity index (χ0) is 24.6. The SMILES string of the molecule is Cc1cc(OCCCc2c(C)n(CC(=O)O)c3c(-c4c(C)noc4C)cccc23)cc(C)c1Cl. The lowest BCUT2D eigenvalue weighted by molar-refractivity contribution is -0.137. The zero-order valence-corrected chi connectivity index (χ0v) is 20.9. The van der Waals surface area contributed by atoms with Gasteiger partial charge in [-0.3, -0.25) is 4.79 Å². The van der Waals surface area contributed by atoms with Gasteiger partial charge in [-0.1, -0.05) is 35.0 Å². The summed E-state index contributed by atoms with van der Waals surface area (Å²) < 4.78 is 13.3. The van der Waals surface area contributed by atoms with Gasteiger partial charge >= 0.3 is 5.97 Å². The lowest BCUT2D eigenvalue weighted by Gasteiger charge is -2.10. The van der Waals surface area contributed by atoms with Crippen molar-refractivity contribution in [2.24, 2.45) is 0 Å². The Kier molecular flexibility index (Phi) is 6.71. The third-order valence-corrected chi connectivity index (χ3v) is 6.91. The Labute approximate surface area is 204 Å². The van der Waals surface area contributed by atoms with E-state index >= 15 is 0 Å². The normalized spacial score (nSPS) is 11.4. The molecule has 2 aromatic carbocycles. The molecule has 0 atom stereocenters. The number of benzene rings is 2. The number of hydrogen-bond donors (Lipinski definition) is 1. The van der Waals surface area contributed by atoms with E-state index in [0.29, 0.717) is 12.4 Å². The van der Waals surface area contributed by atoms with E-state index in [0.717, 1.165) is 73.7 Å². The van der Waals surface area contributed by atoms with Crippen LogP contribution in [-0.4, -0.2) is 27.4 Å². The molecule has 1 N–H and O–H groups in total. The van der Waals surface area contributed by atoms with E-state index in [2.05, 4.69) is 11.2 Å². The summed E-state index contributed by atoms with van der Waals surface area (Å²) in [5.74, 6) is 0.649. The van der Waals surface area contributed by atoms with E-state index in [4.69, 9.17) is 20.9 Å². The molecule has 0 saturated carbocycles. The minimum atomic E-state index is -0.878. The van der Waals surface area contributed by atoms with Crippen LogP contribution in [0.4, 0.5) is 0 Å². The highest BCUT2D eigenvalue weighted by molar-refractivity contribution is 6.32. The number of ether oxygens (including phenoxy) is 1. The van der Waals surface area contributed by atoms with Crippen LogP contribution in [0.5, 0.6) is 5.75 Å². The van der Waals surface area contributed by atoms with Crippen LogP contribution in [0.25, 0.3) is 22.0 Å². The Morgan fingerprint density at radius 1 is 1.15 bits per heavy atom. The largest absolute Gasteiger partial charge is 0.494 e. The lowest BCUT2D eigenvalue weighted by atomic mass is 9.99. The highest BCUT2D eigenvalue weighted by Gasteiger charge is 2.22. The molecule has 6 nitrogen and oxygen atoms in total. The minimum absolute atomic E-state index is 0.109. The fourth-order valence-corrected chi connectivity index (χ4v) is 4.86. The smallest absolute Gasteiger partial charge is 0.323 e. The van der Waals surface area contributed by atoms with Crippen LogP contribution >= 0.6 is 11.6 Å². The average Bonchev–Trinajstić information content (AvgIpc) is 3.25. The minimum Gasteiger partial charge on any atom is -0.494 e. The molecule has 0 radical (unpaired) electrons. The van der Waals surface area contributed by atoms with Crippen molar-refractivity contribution >= 4 is 28.5 Å². The van der Waals surface area contributed by atoms with Crippen LogP contribution in [0.1, 0.15) is 40.3 Å². The number of rotatable bonds is 8. The molecule has 0 spiro atoms. The molecule has 7 heteroatoms. The number of aromatic nitrogens is 2. The van der Waals surface area contributed by atoms with Gasteiger partial charge in [0.25, 0.3) is 0 Å². The second-order valence-corrected chi connectivity index (χ2v) is 9.15. The summed E-state index contributed by atoms with van der Waals surface area (Å²) in [4.78, 5) is 11.7. The number of para-hydroxylation sites is 1. The topological polar surface area (TPSA) is 77.5 Å². The van der Waals surface area contributed by atoms with Gasteiger partial charge in [0.2, 0.25) is 0 Å². The third kappa shape index (κ3) is 4.42. The molecule has 0 amide bonds. The molecule has 0 unspecified atom stereocenters. The number of nitrogens with zero attached hydrogens (tertiary/aromatic N) is 2. The van der Waals surface area contributed by atoms with Crippen molar-refractivity contribution in [2.75, 3.05) is 6.61 Å². The first-order valence-electron chi connectivity index (χ1n) is 11.3. The van der Waals surface area contributed by atoms with E-state index < -0.39 is 5.97 Å². The quantitative estimate of drug-likeness (QED) is 0.288. The predicted molar refractivity (Wildman–Crippen MR) is 134 cm³/mol. The number of carboxylic acid groups (broad SMARTS) is 1. The summed E-state index contributed by atoms with van der Waals surface area (Å²) in [5.41, 5.74) is 7.62. The van der Waals surface area contributed by atoms with Crippen molar-refractivity contribution < 1.29 is 19.2 Å². The summed E-state index contributed by atoms with van der Waals surface area (Å²) >= 11 is 6.26. The van der Waals surface area contributed by atoms with Crippen molar-refractivity contribution in [3.8, 4) is 16.9 Å². The van der Waals surface area contributed by atoms with Gasteiger partial charge in [-0.15, -0.1) is 0 Å². The number of carboxylic acids is 1. The number of halogens is 1. The van der Waals surface area contributed by atoms with Crippen molar-refractivity contribution in [3.05, 3.63) is 69.2 Å². The van der Waals surface area contributed by atoms with Crippen LogP contribution in [0.2, 0.25) is 5.02 Å². The molecule has 0 aliphatic rings. The first-order valence-corrected chi connectivity index (χ1v) is 11.7. The molecular formula is C27H29ClN2O4. The van der Waals surface area contributed by atoms with Gasteiger partial charge in [0, 0.05) is 27.2 Å². The summed E-state index contributed by atoms with van der Waals surface area (Å²) in [6, 6.07) is 9.98. The molecule has 4 rings (SSSR count). The van der Waals surface area contributed by atoms with Crippen LogP contribution in [0, 0.1) is 34.6 Å². The monoisotopic (exact) mass is 480 g/mol.